The van der Waals surface area contributed by atoms with Gasteiger partial charge < -0.3 is 0 Å². The van der Waals surface area contributed by atoms with Gasteiger partial charge in [0.05, 0.1) is 0 Å². The standard InChI is InChI=1S/2C5H13P.B/c2*1-5(2,3)6-4;/h2*6H,1-4H3;. The predicted molar refractivity (Wildman–Crippen MR) is 73.7 cm³/mol. The molecule has 0 saturated heterocycles. The van der Waals surface area contributed by atoms with Gasteiger partial charge in [-0.05, 0) is 23.6 Å². The lowest BCUT2D eigenvalue weighted by Crippen LogP contribution is -2.02. The zero-order chi connectivity index (χ0) is 10.4. The minimum Gasteiger partial charge on any atom is -0.120 e. The topological polar surface area (TPSA) is 0 Å². The van der Waals surface area contributed by atoms with E-state index < -0.39 is 0 Å². The van der Waals surface area contributed by atoms with E-state index in [2.05, 4.69) is 54.9 Å². The molecule has 0 heterocycles. The van der Waals surface area contributed by atoms with Gasteiger partial charge in [-0.15, -0.1) is 17.2 Å². The highest BCUT2D eigenvalue weighted by Crippen LogP contribution is 2.25. The summed E-state index contributed by atoms with van der Waals surface area (Å²) in [7, 11) is 2.13. The largest absolute Gasteiger partial charge is 0.120 e. The van der Waals surface area contributed by atoms with Gasteiger partial charge in [0.1, 0.15) is 0 Å². The van der Waals surface area contributed by atoms with Crippen molar-refractivity contribution >= 4 is 25.6 Å². The van der Waals surface area contributed by atoms with Crippen LogP contribution in [0.1, 0.15) is 41.5 Å². The highest BCUT2D eigenvalue weighted by atomic mass is 31.1. The van der Waals surface area contributed by atoms with E-state index in [0.717, 1.165) is 17.2 Å². The van der Waals surface area contributed by atoms with Gasteiger partial charge in [-0.25, -0.2) is 0 Å². The van der Waals surface area contributed by atoms with E-state index >= 15 is 0 Å². The van der Waals surface area contributed by atoms with Gasteiger partial charge in [0, 0.05) is 8.41 Å². The van der Waals surface area contributed by atoms with Crippen LogP contribution in [-0.4, -0.2) is 32.1 Å². The van der Waals surface area contributed by atoms with Crippen LogP contribution in [0.2, 0.25) is 0 Å². The monoisotopic (exact) mass is 219 g/mol. The van der Waals surface area contributed by atoms with Gasteiger partial charge in [0.2, 0.25) is 0 Å². The zero-order valence-electron chi connectivity index (χ0n) is 10.6. The molecule has 0 aliphatic heterocycles. The SMILES string of the molecule is CPC(C)(C)C.CPC(C)(C)C.[B]. The molecule has 3 heteroatoms. The molecule has 0 spiro atoms. The van der Waals surface area contributed by atoms with Gasteiger partial charge >= 0.3 is 0 Å². The van der Waals surface area contributed by atoms with Crippen molar-refractivity contribution in [3.8, 4) is 0 Å². The van der Waals surface area contributed by atoms with Crippen molar-refractivity contribution in [2.75, 3.05) is 13.3 Å². The first-order chi connectivity index (χ1) is 5.12. The van der Waals surface area contributed by atoms with E-state index in [4.69, 9.17) is 0 Å². The van der Waals surface area contributed by atoms with Crippen LogP contribution in [0.3, 0.4) is 0 Å². The molecule has 0 nitrogen and oxygen atoms in total. The summed E-state index contributed by atoms with van der Waals surface area (Å²) in [6.45, 7) is 18.0. The average Bonchev–Trinajstić information content (AvgIpc) is 1.86. The van der Waals surface area contributed by atoms with Crippen LogP contribution in [0.15, 0.2) is 0 Å². The lowest BCUT2D eigenvalue weighted by atomic mass is 10.3. The van der Waals surface area contributed by atoms with Crippen molar-refractivity contribution in [3.05, 3.63) is 0 Å². The molecule has 2 unspecified atom stereocenters. The molecule has 0 fully saturated rings. The molecule has 79 valence electrons. The Bertz CT molecular complexity index is 86.5. The zero-order valence-corrected chi connectivity index (χ0v) is 12.6. The van der Waals surface area contributed by atoms with E-state index in [1.165, 1.54) is 0 Å². The predicted octanol–water partition coefficient (Wildman–Crippen LogP) is 3.81. The lowest BCUT2D eigenvalue weighted by Gasteiger charge is -2.12. The molecule has 0 rings (SSSR count). The van der Waals surface area contributed by atoms with Crippen molar-refractivity contribution in [1.29, 1.82) is 0 Å². The Hall–Kier alpha value is 0.925. The molecular formula is C10H26BP2. The summed E-state index contributed by atoms with van der Waals surface area (Å²) in [5.41, 5.74) is 0. The molecule has 0 amide bonds. The summed E-state index contributed by atoms with van der Waals surface area (Å²) in [5, 5.41) is 1.14. The van der Waals surface area contributed by atoms with Crippen LogP contribution in [0.5, 0.6) is 0 Å². The molecule has 0 aromatic rings. The molecule has 3 radical (unpaired) electrons. The number of hydrogen-bond acceptors (Lipinski definition) is 0. The molecule has 0 aliphatic carbocycles. The summed E-state index contributed by atoms with van der Waals surface area (Å²) in [6.07, 6.45) is 0. The second kappa shape index (κ2) is 8.25. The fourth-order valence-corrected chi connectivity index (χ4v) is 0. The molecule has 13 heavy (non-hydrogen) atoms. The van der Waals surface area contributed by atoms with Crippen molar-refractivity contribution in [2.24, 2.45) is 0 Å². The highest BCUT2D eigenvalue weighted by molar-refractivity contribution is 7.39. The minimum absolute atomic E-state index is 0. The third-order valence-corrected chi connectivity index (χ3v) is 4.50. The van der Waals surface area contributed by atoms with E-state index in [-0.39, 0.29) is 8.41 Å². The Labute approximate surface area is 91.2 Å². The third-order valence-electron chi connectivity index (χ3n) is 1.50. The van der Waals surface area contributed by atoms with Crippen LogP contribution < -0.4 is 0 Å². The molecule has 0 N–H and O–H groups in total. The fourth-order valence-electron chi connectivity index (χ4n) is 0. The Morgan fingerprint density at radius 3 is 0.692 bits per heavy atom. The van der Waals surface area contributed by atoms with Gasteiger partial charge in [0.25, 0.3) is 0 Å². The first-order valence-electron chi connectivity index (χ1n) is 4.50. The Morgan fingerprint density at radius 2 is 0.692 bits per heavy atom. The Morgan fingerprint density at radius 1 is 0.615 bits per heavy atom. The molecule has 2 atom stereocenters. The first kappa shape index (κ1) is 19.5. The van der Waals surface area contributed by atoms with Gasteiger partial charge in [-0.1, -0.05) is 41.5 Å². The number of rotatable bonds is 0. The molecule has 0 saturated carbocycles. The van der Waals surface area contributed by atoms with Gasteiger partial charge in [-0.2, -0.15) is 0 Å². The summed E-state index contributed by atoms with van der Waals surface area (Å²) in [4.78, 5) is 0. The van der Waals surface area contributed by atoms with Crippen molar-refractivity contribution < 1.29 is 0 Å². The Kier molecular flexibility index (Phi) is 12.4. The minimum atomic E-state index is 0. The van der Waals surface area contributed by atoms with Crippen LogP contribution in [0, 0.1) is 0 Å². The molecule has 0 bridgehead atoms. The maximum atomic E-state index is 2.26. The number of hydrogen-bond donors (Lipinski definition) is 0. The summed E-state index contributed by atoms with van der Waals surface area (Å²) in [6, 6.07) is 0. The summed E-state index contributed by atoms with van der Waals surface area (Å²) < 4.78 is 0. The van der Waals surface area contributed by atoms with E-state index in [1.807, 2.05) is 0 Å². The summed E-state index contributed by atoms with van der Waals surface area (Å²) >= 11 is 0. The molecule has 0 aromatic heterocycles. The molecular weight excluding hydrogens is 193 g/mol. The third kappa shape index (κ3) is 32.2. The maximum Gasteiger partial charge on any atom is 0 e. The quantitative estimate of drug-likeness (QED) is 0.429. The first-order valence-corrected chi connectivity index (χ1v) is 7.50. The second-order valence-electron chi connectivity index (χ2n) is 5.00. The van der Waals surface area contributed by atoms with Crippen LogP contribution in [0.4, 0.5) is 0 Å². The highest BCUT2D eigenvalue weighted by Gasteiger charge is 2.03. The van der Waals surface area contributed by atoms with Gasteiger partial charge in [0.15, 0.2) is 0 Å². The van der Waals surface area contributed by atoms with Crippen molar-refractivity contribution in [2.45, 2.75) is 51.9 Å². The summed E-state index contributed by atoms with van der Waals surface area (Å²) in [5.74, 6) is 0. The van der Waals surface area contributed by atoms with Crippen molar-refractivity contribution in [3.63, 3.8) is 0 Å². The van der Waals surface area contributed by atoms with Crippen LogP contribution in [-0.2, 0) is 0 Å². The van der Waals surface area contributed by atoms with Gasteiger partial charge in [-0.3, -0.25) is 0 Å². The van der Waals surface area contributed by atoms with E-state index in [0.29, 0.717) is 10.3 Å². The lowest BCUT2D eigenvalue weighted by molar-refractivity contribution is 0.797. The van der Waals surface area contributed by atoms with E-state index in [1.54, 1.807) is 0 Å². The molecule has 0 aliphatic rings. The normalized spacial score (nSPS) is 12.9. The van der Waals surface area contributed by atoms with Crippen LogP contribution in [0.25, 0.3) is 0 Å². The Balaban J connectivity index is -0.000000143. The smallest absolute Gasteiger partial charge is 0 e. The fraction of sp³-hybridized carbons (Fsp3) is 1.00. The second-order valence-corrected chi connectivity index (χ2v) is 9.00. The van der Waals surface area contributed by atoms with Crippen LogP contribution >= 0.6 is 17.2 Å². The maximum absolute atomic E-state index is 2.26. The average molecular weight is 219 g/mol. The van der Waals surface area contributed by atoms with E-state index in [9.17, 15) is 0 Å². The van der Waals surface area contributed by atoms with Crippen molar-refractivity contribution in [1.82, 2.24) is 0 Å². The molecule has 0 aromatic carbocycles.